The summed E-state index contributed by atoms with van der Waals surface area (Å²) in [5.74, 6) is -0.196. The van der Waals surface area contributed by atoms with Gasteiger partial charge in [0.25, 0.3) is 0 Å². The van der Waals surface area contributed by atoms with Gasteiger partial charge in [0.05, 0.1) is 24.0 Å². The first kappa shape index (κ1) is 14.9. The van der Waals surface area contributed by atoms with Crippen LogP contribution in [0.5, 0.6) is 0 Å². The Balaban J connectivity index is 1.91. The fourth-order valence-corrected chi connectivity index (χ4v) is 2.21. The van der Waals surface area contributed by atoms with Crippen LogP contribution in [0.2, 0.25) is 0 Å². The van der Waals surface area contributed by atoms with E-state index >= 15 is 0 Å². The molecule has 21 heavy (non-hydrogen) atoms. The Morgan fingerprint density at radius 2 is 2.10 bits per heavy atom. The highest BCUT2D eigenvalue weighted by Crippen LogP contribution is 2.13. The van der Waals surface area contributed by atoms with E-state index in [9.17, 15) is 9.59 Å². The van der Waals surface area contributed by atoms with E-state index in [2.05, 4.69) is 20.7 Å². The molecule has 0 aliphatic carbocycles. The monoisotopic (exact) mass is 290 g/mol. The van der Waals surface area contributed by atoms with E-state index in [-0.39, 0.29) is 18.2 Å². The Labute approximate surface area is 122 Å². The van der Waals surface area contributed by atoms with Crippen molar-refractivity contribution in [2.24, 2.45) is 0 Å². The molecule has 8 heteroatoms. The van der Waals surface area contributed by atoms with Crippen molar-refractivity contribution in [2.45, 2.75) is 33.9 Å². The number of aryl methyl sites for hydroxylation is 1. The lowest BCUT2D eigenvalue weighted by molar-refractivity contribution is -0.121. The van der Waals surface area contributed by atoms with E-state index in [1.54, 1.807) is 35.6 Å². The van der Waals surface area contributed by atoms with Gasteiger partial charge in [-0.1, -0.05) is 5.21 Å². The fourth-order valence-electron chi connectivity index (χ4n) is 2.21. The highest BCUT2D eigenvalue weighted by Gasteiger charge is 2.16. The molecule has 0 unspecified atom stereocenters. The minimum Gasteiger partial charge on any atom is -0.353 e. The van der Waals surface area contributed by atoms with Crippen molar-refractivity contribution in [2.75, 3.05) is 6.54 Å². The van der Waals surface area contributed by atoms with Crippen LogP contribution < -0.4 is 5.32 Å². The second kappa shape index (κ2) is 6.29. The molecule has 0 atom stereocenters. The van der Waals surface area contributed by atoms with Crippen LogP contribution >= 0.6 is 0 Å². The van der Waals surface area contributed by atoms with Crippen LogP contribution in [0.4, 0.5) is 0 Å². The summed E-state index contributed by atoms with van der Waals surface area (Å²) >= 11 is 0. The van der Waals surface area contributed by atoms with Crippen molar-refractivity contribution >= 4 is 11.7 Å². The quantitative estimate of drug-likeness (QED) is 0.762. The molecule has 2 aromatic heterocycles. The van der Waals surface area contributed by atoms with E-state index in [0.29, 0.717) is 30.0 Å². The van der Waals surface area contributed by atoms with E-state index in [4.69, 9.17) is 0 Å². The molecule has 0 saturated carbocycles. The van der Waals surface area contributed by atoms with Gasteiger partial charge in [-0.15, -0.1) is 5.10 Å². The highest BCUT2D eigenvalue weighted by molar-refractivity contribution is 5.96. The predicted octanol–water partition coefficient (Wildman–Crippen LogP) is 0.110. The molecule has 112 valence electrons. The summed E-state index contributed by atoms with van der Waals surface area (Å²) in [6.07, 6.45) is 3.31. The minimum atomic E-state index is -0.157. The number of hydrogen-bond acceptors (Lipinski definition) is 5. The SMILES string of the molecule is CC(=O)c1c(C)nn(CC(=O)NCCn2ccnn2)c1C. The van der Waals surface area contributed by atoms with Gasteiger partial charge in [-0.2, -0.15) is 5.10 Å². The molecule has 0 fully saturated rings. The van der Waals surface area contributed by atoms with Crippen molar-refractivity contribution in [1.82, 2.24) is 30.1 Å². The van der Waals surface area contributed by atoms with Gasteiger partial charge in [0.15, 0.2) is 5.78 Å². The average molecular weight is 290 g/mol. The maximum Gasteiger partial charge on any atom is 0.241 e. The predicted molar refractivity (Wildman–Crippen MR) is 74.7 cm³/mol. The molecular weight excluding hydrogens is 272 g/mol. The molecule has 0 bridgehead atoms. The lowest BCUT2D eigenvalue weighted by Gasteiger charge is -2.07. The lowest BCUT2D eigenvalue weighted by atomic mass is 10.1. The van der Waals surface area contributed by atoms with Crippen molar-refractivity contribution in [3.05, 3.63) is 29.3 Å². The molecule has 1 N–H and O–H groups in total. The zero-order valence-electron chi connectivity index (χ0n) is 12.3. The first-order chi connectivity index (χ1) is 9.99. The van der Waals surface area contributed by atoms with Crippen LogP contribution in [0.15, 0.2) is 12.4 Å². The number of Topliss-reactive ketones (excluding diaryl/α,β-unsaturated/α-hetero) is 1. The first-order valence-corrected chi connectivity index (χ1v) is 6.64. The molecule has 2 heterocycles. The number of carbonyl (C=O) groups excluding carboxylic acids is 2. The summed E-state index contributed by atoms with van der Waals surface area (Å²) in [6, 6.07) is 0. The standard InChI is InChI=1S/C13H18N6O2/c1-9-13(11(3)20)10(2)19(16-9)8-12(21)14-4-6-18-7-5-15-17-18/h5,7H,4,6,8H2,1-3H3,(H,14,21). The molecule has 0 saturated heterocycles. The third kappa shape index (κ3) is 3.53. The van der Waals surface area contributed by atoms with Crippen LogP contribution in [0.25, 0.3) is 0 Å². The van der Waals surface area contributed by atoms with Gasteiger partial charge in [-0.25, -0.2) is 0 Å². The van der Waals surface area contributed by atoms with Crippen LogP contribution in [0, 0.1) is 13.8 Å². The molecule has 0 aliphatic heterocycles. The van der Waals surface area contributed by atoms with Gasteiger partial charge in [0, 0.05) is 18.4 Å². The topological polar surface area (TPSA) is 94.7 Å². The van der Waals surface area contributed by atoms with Gasteiger partial charge in [0.1, 0.15) is 6.54 Å². The second-order valence-corrected chi connectivity index (χ2v) is 4.78. The van der Waals surface area contributed by atoms with Gasteiger partial charge >= 0.3 is 0 Å². The van der Waals surface area contributed by atoms with Crippen molar-refractivity contribution < 1.29 is 9.59 Å². The number of nitrogens with one attached hydrogen (secondary N) is 1. The molecular formula is C13H18N6O2. The first-order valence-electron chi connectivity index (χ1n) is 6.64. The third-order valence-electron chi connectivity index (χ3n) is 3.16. The number of aromatic nitrogens is 5. The number of carbonyl (C=O) groups is 2. The molecule has 2 rings (SSSR count). The Hall–Kier alpha value is -2.51. The zero-order chi connectivity index (χ0) is 15.4. The number of hydrogen-bond donors (Lipinski definition) is 1. The van der Waals surface area contributed by atoms with Crippen LogP contribution in [0.3, 0.4) is 0 Å². The Bertz CT molecular complexity index is 644. The molecule has 0 aromatic carbocycles. The fraction of sp³-hybridized carbons (Fsp3) is 0.462. The van der Waals surface area contributed by atoms with E-state index in [0.717, 1.165) is 0 Å². The number of ketones is 1. The summed E-state index contributed by atoms with van der Waals surface area (Å²) in [5, 5.41) is 14.5. The van der Waals surface area contributed by atoms with Crippen molar-refractivity contribution in [3.8, 4) is 0 Å². The Morgan fingerprint density at radius 1 is 1.33 bits per heavy atom. The number of rotatable bonds is 6. The van der Waals surface area contributed by atoms with Crippen LogP contribution in [-0.4, -0.2) is 43.0 Å². The van der Waals surface area contributed by atoms with E-state index in [1.165, 1.54) is 6.92 Å². The molecule has 0 aliphatic rings. The summed E-state index contributed by atoms with van der Waals surface area (Å²) in [5.41, 5.74) is 1.95. The van der Waals surface area contributed by atoms with Gasteiger partial charge < -0.3 is 5.32 Å². The summed E-state index contributed by atoms with van der Waals surface area (Å²) in [4.78, 5) is 23.4. The number of amides is 1. The summed E-state index contributed by atoms with van der Waals surface area (Å²) < 4.78 is 3.19. The second-order valence-electron chi connectivity index (χ2n) is 4.78. The smallest absolute Gasteiger partial charge is 0.241 e. The highest BCUT2D eigenvalue weighted by atomic mass is 16.2. The maximum absolute atomic E-state index is 11.9. The van der Waals surface area contributed by atoms with Gasteiger partial charge in [-0.05, 0) is 20.8 Å². The molecule has 8 nitrogen and oxygen atoms in total. The summed E-state index contributed by atoms with van der Waals surface area (Å²) in [6.45, 7) is 6.17. The zero-order valence-corrected chi connectivity index (χ0v) is 12.3. The van der Waals surface area contributed by atoms with E-state index in [1.807, 2.05) is 0 Å². The van der Waals surface area contributed by atoms with Crippen molar-refractivity contribution in [1.29, 1.82) is 0 Å². The number of nitrogens with zero attached hydrogens (tertiary/aromatic N) is 5. The van der Waals surface area contributed by atoms with Crippen molar-refractivity contribution in [3.63, 3.8) is 0 Å². The Kier molecular flexibility index (Phi) is 4.46. The molecule has 0 radical (unpaired) electrons. The molecule has 1 amide bonds. The molecule has 2 aromatic rings. The largest absolute Gasteiger partial charge is 0.353 e. The normalized spacial score (nSPS) is 10.6. The molecule has 0 spiro atoms. The van der Waals surface area contributed by atoms with Gasteiger partial charge in [0.2, 0.25) is 5.91 Å². The Morgan fingerprint density at radius 3 is 2.67 bits per heavy atom. The lowest BCUT2D eigenvalue weighted by Crippen LogP contribution is -2.31. The van der Waals surface area contributed by atoms with Gasteiger partial charge in [-0.3, -0.25) is 19.0 Å². The minimum absolute atomic E-state index is 0.0390. The van der Waals surface area contributed by atoms with Crippen LogP contribution in [0.1, 0.15) is 28.7 Å². The average Bonchev–Trinajstić information content (AvgIpc) is 2.99. The summed E-state index contributed by atoms with van der Waals surface area (Å²) in [7, 11) is 0. The maximum atomic E-state index is 11.9. The van der Waals surface area contributed by atoms with Crippen LogP contribution in [-0.2, 0) is 17.9 Å². The van der Waals surface area contributed by atoms with E-state index < -0.39 is 0 Å². The third-order valence-corrected chi connectivity index (χ3v) is 3.16.